The Morgan fingerprint density at radius 2 is 1.89 bits per heavy atom. The number of rotatable bonds is 7. The van der Waals surface area contributed by atoms with Crippen LogP contribution in [-0.2, 0) is 6.54 Å². The maximum Gasteiger partial charge on any atom is 0.251 e. The number of likely N-dealkylation sites (tertiary alicyclic amines) is 1. The van der Waals surface area contributed by atoms with E-state index in [9.17, 15) is 14.0 Å². The summed E-state index contributed by atoms with van der Waals surface area (Å²) in [6.07, 6.45) is 5.86. The van der Waals surface area contributed by atoms with Crippen molar-refractivity contribution in [2.45, 2.75) is 51.7 Å². The van der Waals surface area contributed by atoms with E-state index >= 15 is 0 Å². The Balaban J connectivity index is 1.22. The minimum atomic E-state index is -0.444. The van der Waals surface area contributed by atoms with Gasteiger partial charge in [-0.2, -0.15) is 0 Å². The Hall–Kier alpha value is -3.65. The number of halogens is 1. The zero-order valence-corrected chi connectivity index (χ0v) is 21.9. The zero-order valence-electron chi connectivity index (χ0n) is 21.9. The fourth-order valence-corrected chi connectivity index (χ4v) is 5.07. The lowest BCUT2D eigenvalue weighted by Crippen LogP contribution is -2.51. The number of ether oxygens (including phenoxy) is 1. The second-order valence-electron chi connectivity index (χ2n) is 10.7. The molecule has 198 valence electrons. The lowest BCUT2D eigenvalue weighted by atomic mass is 9.83. The quantitative estimate of drug-likeness (QED) is 0.473. The average Bonchev–Trinajstić information content (AvgIpc) is 2.91. The molecule has 2 aliphatic rings. The lowest BCUT2D eigenvalue weighted by Gasteiger charge is -2.43. The van der Waals surface area contributed by atoms with E-state index in [4.69, 9.17) is 4.74 Å². The normalized spacial score (nSPS) is 16.8. The Bertz CT molecular complexity index is 1320. The summed E-state index contributed by atoms with van der Waals surface area (Å²) in [6, 6.07) is 12.0. The van der Waals surface area contributed by atoms with E-state index in [0.717, 1.165) is 44.2 Å². The summed E-state index contributed by atoms with van der Waals surface area (Å²) in [5.74, 6) is 0.544. The van der Waals surface area contributed by atoms with E-state index in [0.29, 0.717) is 40.6 Å². The summed E-state index contributed by atoms with van der Waals surface area (Å²) in [4.78, 5) is 36.6. The number of piperidine rings is 1. The number of carbonyl (C=O) groups is 2. The van der Waals surface area contributed by atoms with Gasteiger partial charge in [-0.05, 0) is 54.8 Å². The first kappa shape index (κ1) is 26.0. The number of benzene rings is 1. The van der Waals surface area contributed by atoms with Crippen LogP contribution in [0, 0.1) is 11.7 Å². The zero-order chi connectivity index (χ0) is 26.7. The van der Waals surface area contributed by atoms with Gasteiger partial charge >= 0.3 is 0 Å². The van der Waals surface area contributed by atoms with Crippen LogP contribution in [0.25, 0.3) is 11.3 Å². The summed E-state index contributed by atoms with van der Waals surface area (Å²) in [5, 5.41) is 2.77. The van der Waals surface area contributed by atoms with Crippen LogP contribution < -0.4 is 10.1 Å². The number of nitrogens with zero attached hydrogens (tertiary/aromatic N) is 3. The van der Waals surface area contributed by atoms with Crippen molar-refractivity contribution in [2.24, 2.45) is 5.92 Å². The van der Waals surface area contributed by atoms with Crippen molar-refractivity contribution in [1.29, 1.82) is 0 Å². The highest BCUT2D eigenvalue weighted by atomic mass is 19.1. The van der Waals surface area contributed by atoms with Gasteiger partial charge in [-0.1, -0.05) is 26.0 Å². The predicted molar refractivity (Wildman–Crippen MR) is 142 cm³/mol. The van der Waals surface area contributed by atoms with E-state index in [1.165, 1.54) is 18.7 Å². The summed E-state index contributed by atoms with van der Waals surface area (Å²) in [5.41, 5.74) is 2.44. The Kier molecular flexibility index (Phi) is 7.51. The van der Waals surface area contributed by atoms with Gasteiger partial charge < -0.3 is 15.0 Å². The van der Waals surface area contributed by atoms with Crippen LogP contribution >= 0.6 is 0 Å². The molecule has 0 unspecified atom stereocenters. The van der Waals surface area contributed by atoms with Crippen LogP contribution in [0.2, 0.25) is 0 Å². The topological polar surface area (TPSA) is 84.4 Å². The minimum Gasteiger partial charge on any atom is -0.484 e. The predicted octanol–water partition coefficient (Wildman–Crippen LogP) is 5.06. The molecule has 0 aliphatic carbocycles. The molecule has 2 aliphatic heterocycles. The molecule has 0 saturated carbocycles. The molecule has 1 spiro atoms. The van der Waals surface area contributed by atoms with Crippen LogP contribution in [0.1, 0.15) is 65.9 Å². The summed E-state index contributed by atoms with van der Waals surface area (Å²) in [6.45, 7) is 7.64. The van der Waals surface area contributed by atoms with E-state index in [2.05, 4.69) is 34.0 Å². The van der Waals surface area contributed by atoms with Crippen LogP contribution in [0.4, 0.5) is 4.39 Å². The van der Waals surface area contributed by atoms with E-state index in [-0.39, 0.29) is 18.2 Å². The van der Waals surface area contributed by atoms with E-state index < -0.39 is 11.4 Å². The van der Waals surface area contributed by atoms with Crippen molar-refractivity contribution in [3.05, 3.63) is 77.5 Å². The molecule has 38 heavy (non-hydrogen) atoms. The Morgan fingerprint density at radius 3 is 2.61 bits per heavy atom. The molecule has 4 heterocycles. The van der Waals surface area contributed by atoms with Gasteiger partial charge in [0.2, 0.25) is 0 Å². The fraction of sp³-hybridized carbons (Fsp3) is 0.400. The first-order chi connectivity index (χ1) is 18.3. The summed E-state index contributed by atoms with van der Waals surface area (Å²) >= 11 is 0. The molecule has 1 N–H and O–H groups in total. The number of hydrogen-bond acceptors (Lipinski definition) is 6. The van der Waals surface area contributed by atoms with Crippen LogP contribution in [0.5, 0.6) is 5.75 Å². The number of amides is 1. The molecule has 5 rings (SSSR count). The van der Waals surface area contributed by atoms with E-state index in [1.54, 1.807) is 24.3 Å². The van der Waals surface area contributed by atoms with Gasteiger partial charge in [-0.3, -0.25) is 14.6 Å². The van der Waals surface area contributed by atoms with Gasteiger partial charge in [0.25, 0.3) is 5.91 Å². The molecule has 7 nitrogen and oxygen atoms in total. The van der Waals surface area contributed by atoms with Crippen LogP contribution in [0.15, 0.2) is 54.9 Å². The minimum absolute atomic E-state index is 0.0200. The first-order valence-corrected chi connectivity index (χ1v) is 13.2. The molecule has 3 aromatic rings. The van der Waals surface area contributed by atoms with Crippen molar-refractivity contribution in [3.63, 3.8) is 0 Å². The molecule has 1 amide bonds. The third-order valence-corrected chi connectivity index (χ3v) is 7.38. The maximum absolute atomic E-state index is 13.3. The van der Waals surface area contributed by atoms with Gasteiger partial charge in [0.15, 0.2) is 5.78 Å². The van der Waals surface area contributed by atoms with Gasteiger partial charge in [0.05, 0.1) is 18.3 Å². The van der Waals surface area contributed by atoms with Gasteiger partial charge in [-0.15, -0.1) is 0 Å². The van der Waals surface area contributed by atoms with Crippen molar-refractivity contribution in [3.8, 4) is 17.0 Å². The molecular formula is C30H33FN4O3. The van der Waals surface area contributed by atoms with Gasteiger partial charge in [0, 0.05) is 49.8 Å². The number of hydrogen-bond donors (Lipinski definition) is 1. The number of Topliss-reactive ketones (excluding diaryl/α,β-unsaturated/α-hetero) is 1. The number of nitrogens with one attached hydrogen (secondary N) is 1. The van der Waals surface area contributed by atoms with Crippen LogP contribution in [-0.4, -0.2) is 51.8 Å². The molecule has 1 fully saturated rings. The Labute approximate surface area is 222 Å². The fourth-order valence-electron chi connectivity index (χ4n) is 5.07. The smallest absolute Gasteiger partial charge is 0.251 e. The number of ketones is 1. The highest BCUT2D eigenvalue weighted by Gasteiger charge is 2.43. The van der Waals surface area contributed by atoms with Crippen LogP contribution in [0.3, 0.4) is 0 Å². The van der Waals surface area contributed by atoms with Crippen molar-refractivity contribution in [1.82, 2.24) is 20.2 Å². The monoisotopic (exact) mass is 516 g/mol. The standard InChI is InChI=1S/C30H33FN4O3/c1-20(2)9-12-35-13-10-30(11-14-35)16-26(36)28-27(38-30)8-7-25(34-28)22-3-5-23(6-4-22)29(37)33-18-21-15-24(31)19-32-17-21/h3-8,15,17,19-20H,9-14,16,18H2,1-2H3,(H,33,37). The second-order valence-corrected chi connectivity index (χ2v) is 10.7. The van der Waals surface area contributed by atoms with Crippen molar-refractivity contribution < 1.29 is 18.7 Å². The largest absolute Gasteiger partial charge is 0.484 e. The number of aromatic nitrogens is 2. The molecule has 1 aromatic carbocycles. The lowest BCUT2D eigenvalue weighted by molar-refractivity contribution is -0.0103. The Morgan fingerprint density at radius 1 is 1.13 bits per heavy atom. The molecule has 0 bridgehead atoms. The van der Waals surface area contributed by atoms with Crippen molar-refractivity contribution >= 4 is 11.7 Å². The van der Waals surface area contributed by atoms with Crippen molar-refractivity contribution in [2.75, 3.05) is 19.6 Å². The third-order valence-electron chi connectivity index (χ3n) is 7.38. The number of pyridine rings is 2. The van der Waals surface area contributed by atoms with Gasteiger partial charge in [-0.25, -0.2) is 9.37 Å². The number of fused-ring (bicyclic) bond motifs is 1. The molecule has 0 radical (unpaired) electrons. The number of carbonyl (C=O) groups excluding carboxylic acids is 2. The SMILES string of the molecule is CC(C)CCN1CCC2(CC1)CC(=O)c1nc(-c3ccc(C(=O)NCc4cncc(F)c4)cc3)ccc1O2. The maximum atomic E-state index is 13.3. The summed E-state index contributed by atoms with van der Waals surface area (Å²) in [7, 11) is 0. The summed E-state index contributed by atoms with van der Waals surface area (Å²) < 4.78 is 19.7. The highest BCUT2D eigenvalue weighted by Crippen LogP contribution is 2.39. The molecule has 0 atom stereocenters. The average molecular weight is 517 g/mol. The first-order valence-electron chi connectivity index (χ1n) is 13.2. The highest BCUT2D eigenvalue weighted by molar-refractivity contribution is 5.99. The van der Waals surface area contributed by atoms with Gasteiger partial charge in [0.1, 0.15) is 22.9 Å². The molecule has 1 saturated heterocycles. The van der Waals surface area contributed by atoms with E-state index in [1.807, 2.05) is 12.1 Å². The molecular weight excluding hydrogens is 483 g/mol. The molecule has 2 aromatic heterocycles. The third kappa shape index (κ3) is 5.91. The second kappa shape index (κ2) is 11.0. The molecule has 8 heteroatoms.